The molecule has 1 amide bonds. The third-order valence-corrected chi connectivity index (χ3v) is 2.61. The maximum Gasteiger partial charge on any atom is 0.255 e. The van der Waals surface area contributed by atoms with Gasteiger partial charge in [-0.25, -0.2) is 0 Å². The molecule has 0 spiro atoms. The van der Waals surface area contributed by atoms with Gasteiger partial charge >= 0.3 is 0 Å². The summed E-state index contributed by atoms with van der Waals surface area (Å²) >= 11 is 3.36. The normalized spacial score (nSPS) is 9.81. The minimum atomic E-state index is -0.0984. The van der Waals surface area contributed by atoms with Gasteiger partial charge in [0.2, 0.25) is 0 Å². The van der Waals surface area contributed by atoms with Gasteiger partial charge in [-0.3, -0.25) is 4.79 Å². The summed E-state index contributed by atoms with van der Waals surface area (Å²) in [6.45, 7) is 0. The molecule has 0 radical (unpaired) electrons. The molecule has 0 aliphatic rings. The van der Waals surface area contributed by atoms with E-state index in [0.717, 1.165) is 10.2 Å². The van der Waals surface area contributed by atoms with Crippen molar-refractivity contribution in [3.8, 4) is 0 Å². The molecule has 0 fully saturated rings. The Kier molecular flexibility index (Phi) is 3.37. The van der Waals surface area contributed by atoms with Crippen molar-refractivity contribution in [1.29, 1.82) is 0 Å². The van der Waals surface area contributed by atoms with Crippen LogP contribution < -0.4 is 5.32 Å². The van der Waals surface area contributed by atoms with Crippen molar-refractivity contribution < 1.29 is 4.79 Å². The zero-order valence-electron chi connectivity index (χ0n) is 8.48. The Morgan fingerprint density at radius 1 is 1.00 bits per heavy atom. The van der Waals surface area contributed by atoms with Crippen LogP contribution in [0.1, 0.15) is 10.4 Å². The van der Waals surface area contributed by atoms with Gasteiger partial charge in [-0.15, -0.1) is 0 Å². The Morgan fingerprint density at radius 3 is 2.44 bits per heavy atom. The lowest BCUT2D eigenvalue weighted by molar-refractivity contribution is 0.102. The van der Waals surface area contributed by atoms with E-state index in [9.17, 15) is 4.79 Å². The molecule has 0 saturated carbocycles. The van der Waals surface area contributed by atoms with Gasteiger partial charge in [0.1, 0.15) is 0 Å². The number of carbonyl (C=O) groups excluding carboxylic acids is 1. The van der Waals surface area contributed by atoms with Crippen LogP contribution in [-0.4, -0.2) is 5.91 Å². The highest BCUT2D eigenvalue weighted by atomic mass is 79.9. The summed E-state index contributed by atoms with van der Waals surface area (Å²) < 4.78 is 0.943. The van der Waals surface area contributed by atoms with Gasteiger partial charge in [0.15, 0.2) is 0 Å². The molecule has 16 heavy (non-hydrogen) atoms. The van der Waals surface area contributed by atoms with Crippen molar-refractivity contribution in [3.05, 3.63) is 64.6 Å². The monoisotopic (exact) mass is 275 g/mol. The molecule has 0 aliphatic carbocycles. The topological polar surface area (TPSA) is 29.1 Å². The smallest absolute Gasteiger partial charge is 0.255 e. The second-order valence-corrected chi connectivity index (χ2v) is 4.25. The van der Waals surface area contributed by atoms with E-state index in [1.807, 2.05) is 42.5 Å². The molecule has 2 nitrogen and oxygen atoms in total. The molecule has 0 aromatic heterocycles. The van der Waals surface area contributed by atoms with Crippen molar-refractivity contribution in [1.82, 2.24) is 0 Å². The average Bonchev–Trinajstić information content (AvgIpc) is 2.30. The quantitative estimate of drug-likeness (QED) is 0.890. The summed E-state index contributed by atoms with van der Waals surface area (Å²) in [7, 11) is 0. The lowest BCUT2D eigenvalue weighted by Crippen LogP contribution is -2.11. The summed E-state index contributed by atoms with van der Waals surface area (Å²) in [5.41, 5.74) is 1.44. The number of halogens is 1. The van der Waals surface area contributed by atoms with Gasteiger partial charge in [0, 0.05) is 15.7 Å². The van der Waals surface area contributed by atoms with Crippen molar-refractivity contribution in [3.63, 3.8) is 0 Å². The van der Waals surface area contributed by atoms with E-state index in [1.165, 1.54) is 0 Å². The number of carbonyl (C=O) groups is 1. The van der Waals surface area contributed by atoms with E-state index in [1.54, 1.807) is 12.1 Å². The first-order chi connectivity index (χ1) is 7.75. The standard InChI is InChI=1S/C13H10BrNO/c14-11-7-4-8-12(9-11)15-13(16)10-5-2-1-3-6-10/h1-9H,(H,15,16). The van der Waals surface area contributed by atoms with E-state index >= 15 is 0 Å². The van der Waals surface area contributed by atoms with Crippen LogP contribution in [0.5, 0.6) is 0 Å². The van der Waals surface area contributed by atoms with Gasteiger partial charge in [-0.1, -0.05) is 40.2 Å². The van der Waals surface area contributed by atoms with Gasteiger partial charge in [0.25, 0.3) is 5.91 Å². The van der Waals surface area contributed by atoms with Crippen molar-refractivity contribution in [2.45, 2.75) is 0 Å². The molecule has 2 aromatic rings. The fourth-order valence-corrected chi connectivity index (χ4v) is 1.76. The Bertz CT molecular complexity index is 496. The SMILES string of the molecule is O=C(Nc1cccc(Br)c1)c1ccccc1. The summed E-state index contributed by atoms with van der Waals surface area (Å²) in [5.74, 6) is -0.0984. The molecule has 1 N–H and O–H groups in total. The van der Waals surface area contributed by atoms with Gasteiger partial charge < -0.3 is 5.32 Å². The summed E-state index contributed by atoms with van der Waals surface area (Å²) in [5, 5.41) is 2.83. The molecule has 0 unspecified atom stereocenters. The van der Waals surface area contributed by atoms with Crippen LogP contribution in [0, 0.1) is 0 Å². The van der Waals surface area contributed by atoms with Crippen LogP contribution in [0.25, 0.3) is 0 Å². The van der Waals surface area contributed by atoms with E-state index < -0.39 is 0 Å². The number of hydrogen-bond acceptors (Lipinski definition) is 1. The highest BCUT2D eigenvalue weighted by Gasteiger charge is 2.04. The molecular formula is C13H10BrNO. The number of rotatable bonds is 2. The van der Waals surface area contributed by atoms with E-state index in [-0.39, 0.29) is 5.91 Å². The minimum absolute atomic E-state index is 0.0984. The molecule has 2 aromatic carbocycles. The Hall–Kier alpha value is -1.61. The van der Waals surface area contributed by atoms with Crippen molar-refractivity contribution in [2.75, 3.05) is 5.32 Å². The Balaban J connectivity index is 2.14. The minimum Gasteiger partial charge on any atom is -0.322 e. The van der Waals surface area contributed by atoms with Crippen molar-refractivity contribution >= 4 is 27.5 Å². The summed E-state index contributed by atoms with van der Waals surface area (Å²) in [4.78, 5) is 11.8. The second kappa shape index (κ2) is 4.94. The fraction of sp³-hybridized carbons (Fsp3) is 0. The van der Waals surface area contributed by atoms with Crippen LogP contribution in [0.15, 0.2) is 59.1 Å². The average molecular weight is 276 g/mol. The number of nitrogens with one attached hydrogen (secondary N) is 1. The Morgan fingerprint density at radius 2 is 1.75 bits per heavy atom. The maximum absolute atomic E-state index is 11.8. The zero-order valence-corrected chi connectivity index (χ0v) is 10.1. The van der Waals surface area contributed by atoms with Gasteiger partial charge in [-0.05, 0) is 30.3 Å². The lowest BCUT2D eigenvalue weighted by atomic mass is 10.2. The first-order valence-corrected chi connectivity index (χ1v) is 5.67. The predicted molar refractivity (Wildman–Crippen MR) is 68.5 cm³/mol. The molecular weight excluding hydrogens is 266 g/mol. The third-order valence-electron chi connectivity index (χ3n) is 2.12. The molecule has 0 heterocycles. The molecule has 2 rings (SSSR count). The predicted octanol–water partition coefficient (Wildman–Crippen LogP) is 3.70. The first kappa shape index (κ1) is 10.9. The van der Waals surface area contributed by atoms with Gasteiger partial charge in [0.05, 0.1) is 0 Å². The largest absolute Gasteiger partial charge is 0.322 e. The highest BCUT2D eigenvalue weighted by molar-refractivity contribution is 9.10. The lowest BCUT2D eigenvalue weighted by Gasteiger charge is -2.05. The fourth-order valence-electron chi connectivity index (χ4n) is 1.36. The van der Waals surface area contributed by atoms with Crippen LogP contribution >= 0.6 is 15.9 Å². The molecule has 80 valence electrons. The number of amides is 1. The first-order valence-electron chi connectivity index (χ1n) is 4.88. The van der Waals surface area contributed by atoms with E-state index in [2.05, 4.69) is 21.2 Å². The molecule has 0 saturated heterocycles. The highest BCUT2D eigenvalue weighted by Crippen LogP contribution is 2.16. The van der Waals surface area contributed by atoms with E-state index in [4.69, 9.17) is 0 Å². The Labute approximate surface area is 102 Å². The molecule has 0 bridgehead atoms. The molecule has 3 heteroatoms. The number of hydrogen-bond donors (Lipinski definition) is 1. The second-order valence-electron chi connectivity index (χ2n) is 3.33. The van der Waals surface area contributed by atoms with E-state index in [0.29, 0.717) is 5.56 Å². The van der Waals surface area contributed by atoms with Gasteiger partial charge in [-0.2, -0.15) is 0 Å². The third kappa shape index (κ3) is 2.70. The molecule has 0 atom stereocenters. The number of anilines is 1. The summed E-state index contributed by atoms with van der Waals surface area (Å²) in [6.07, 6.45) is 0. The number of benzene rings is 2. The van der Waals surface area contributed by atoms with Crippen LogP contribution in [0.2, 0.25) is 0 Å². The maximum atomic E-state index is 11.8. The zero-order chi connectivity index (χ0) is 11.4. The van der Waals surface area contributed by atoms with Crippen LogP contribution in [0.4, 0.5) is 5.69 Å². The molecule has 0 aliphatic heterocycles. The van der Waals surface area contributed by atoms with Crippen LogP contribution in [-0.2, 0) is 0 Å². The van der Waals surface area contributed by atoms with Crippen LogP contribution in [0.3, 0.4) is 0 Å². The van der Waals surface area contributed by atoms with Crippen molar-refractivity contribution in [2.24, 2.45) is 0 Å². The summed E-state index contributed by atoms with van der Waals surface area (Å²) in [6, 6.07) is 16.7.